The van der Waals surface area contributed by atoms with Gasteiger partial charge in [-0.15, -0.1) is 0 Å². The van der Waals surface area contributed by atoms with E-state index in [0.29, 0.717) is 0 Å². The van der Waals surface area contributed by atoms with E-state index in [4.69, 9.17) is 0 Å². The molecule has 2 rings (SSSR count). The molecule has 13 heavy (non-hydrogen) atoms. The first-order chi connectivity index (χ1) is 6.33. The summed E-state index contributed by atoms with van der Waals surface area (Å²) in [6.45, 7) is 3.92. The molecule has 0 unspecified atom stereocenters. The second-order valence-corrected chi connectivity index (χ2v) is 3.86. The van der Waals surface area contributed by atoms with Crippen LogP contribution in [0.15, 0.2) is 40.9 Å². The van der Waals surface area contributed by atoms with E-state index in [0.717, 1.165) is 10.9 Å². The Bertz CT molecular complexity index is 432. The Kier molecular flexibility index (Phi) is 2.36. The van der Waals surface area contributed by atoms with Crippen molar-refractivity contribution in [1.29, 1.82) is 0 Å². The van der Waals surface area contributed by atoms with Gasteiger partial charge in [-0.1, -0.05) is 46.3 Å². The summed E-state index contributed by atoms with van der Waals surface area (Å²) in [4.78, 5) is 0. The molecule has 0 aromatic heterocycles. The van der Waals surface area contributed by atoms with Gasteiger partial charge in [0.1, 0.15) is 0 Å². The Hall–Kier alpha value is -0.820. The van der Waals surface area contributed by atoms with Crippen molar-refractivity contribution in [2.24, 2.45) is 0 Å². The van der Waals surface area contributed by atoms with Crippen LogP contribution in [0.2, 0.25) is 0 Å². The molecule has 0 atom stereocenters. The van der Waals surface area contributed by atoms with E-state index in [1.165, 1.54) is 16.3 Å². The first-order valence-electron chi connectivity index (χ1n) is 4.28. The van der Waals surface area contributed by atoms with Crippen LogP contribution in [0.25, 0.3) is 10.8 Å². The van der Waals surface area contributed by atoms with Crippen molar-refractivity contribution in [1.82, 2.24) is 0 Å². The lowest BCUT2D eigenvalue weighted by Crippen LogP contribution is -1.83. The van der Waals surface area contributed by atoms with Crippen LogP contribution in [0, 0.1) is 6.92 Å². The third-order valence-corrected chi connectivity index (χ3v) is 2.92. The van der Waals surface area contributed by atoms with Crippen molar-refractivity contribution < 1.29 is 0 Å². The van der Waals surface area contributed by atoms with Crippen LogP contribution >= 0.6 is 15.9 Å². The third kappa shape index (κ3) is 1.49. The highest BCUT2D eigenvalue weighted by molar-refractivity contribution is 9.10. The van der Waals surface area contributed by atoms with Crippen LogP contribution in [0.5, 0.6) is 0 Å². The van der Waals surface area contributed by atoms with Gasteiger partial charge in [-0.2, -0.15) is 0 Å². The number of hydrogen-bond acceptors (Lipinski definition) is 0. The Labute approximate surface area is 86.7 Å². The van der Waals surface area contributed by atoms with Crippen molar-refractivity contribution in [3.05, 3.63) is 53.4 Å². The van der Waals surface area contributed by atoms with Gasteiger partial charge in [0.25, 0.3) is 0 Å². The maximum atomic E-state index is 3.92. The topological polar surface area (TPSA) is 0 Å². The fourth-order valence-corrected chi connectivity index (χ4v) is 2.05. The second-order valence-electron chi connectivity index (χ2n) is 3.00. The molecular weight excluding hydrogens is 224 g/mol. The zero-order chi connectivity index (χ0) is 9.26. The van der Waals surface area contributed by atoms with Crippen LogP contribution in [-0.2, 0) is 6.42 Å². The molecule has 0 nitrogen and oxygen atoms in total. The zero-order valence-corrected chi connectivity index (χ0v) is 8.84. The van der Waals surface area contributed by atoms with Crippen LogP contribution in [0.3, 0.4) is 0 Å². The summed E-state index contributed by atoms with van der Waals surface area (Å²) in [6.07, 6.45) is 0.841. The molecule has 2 aromatic carbocycles. The molecule has 0 aliphatic heterocycles. The van der Waals surface area contributed by atoms with Crippen LogP contribution in [0.1, 0.15) is 5.56 Å². The molecule has 0 bridgehead atoms. The SMILES string of the molecule is [CH2]Cc1cccc2c(Br)cccc12. The van der Waals surface area contributed by atoms with E-state index in [1.54, 1.807) is 0 Å². The maximum Gasteiger partial charge on any atom is 0.0253 e. The number of hydrogen-bond donors (Lipinski definition) is 0. The lowest BCUT2D eigenvalue weighted by atomic mass is 10.0. The minimum atomic E-state index is 0.841. The summed E-state index contributed by atoms with van der Waals surface area (Å²) in [7, 11) is 0. The van der Waals surface area contributed by atoms with E-state index in [-0.39, 0.29) is 0 Å². The number of benzene rings is 2. The predicted octanol–water partition coefficient (Wildman–Crippen LogP) is 3.98. The van der Waals surface area contributed by atoms with Gasteiger partial charge in [-0.25, -0.2) is 0 Å². The summed E-state index contributed by atoms with van der Waals surface area (Å²) in [5, 5.41) is 2.57. The molecule has 0 aliphatic rings. The molecule has 0 amide bonds. The Morgan fingerprint density at radius 1 is 1.00 bits per heavy atom. The quantitative estimate of drug-likeness (QED) is 0.700. The normalized spacial score (nSPS) is 10.6. The minimum absolute atomic E-state index is 0.841. The fourth-order valence-electron chi connectivity index (χ4n) is 1.55. The molecule has 2 aromatic rings. The van der Waals surface area contributed by atoms with Gasteiger partial charge in [0, 0.05) is 4.47 Å². The summed E-state index contributed by atoms with van der Waals surface area (Å²) in [5.41, 5.74) is 1.30. The predicted molar refractivity (Wildman–Crippen MR) is 60.7 cm³/mol. The highest BCUT2D eigenvalue weighted by atomic mass is 79.9. The molecule has 1 heteroatoms. The molecule has 0 aliphatic carbocycles. The van der Waals surface area contributed by atoms with Crippen molar-refractivity contribution in [2.75, 3.05) is 0 Å². The summed E-state index contributed by atoms with van der Waals surface area (Å²) in [6, 6.07) is 12.6. The van der Waals surface area contributed by atoms with E-state index >= 15 is 0 Å². The fraction of sp³-hybridized carbons (Fsp3) is 0.0833. The first kappa shape index (κ1) is 8.76. The summed E-state index contributed by atoms with van der Waals surface area (Å²) < 4.78 is 1.15. The van der Waals surface area contributed by atoms with Gasteiger partial charge in [0.05, 0.1) is 0 Å². The smallest absolute Gasteiger partial charge is 0.0253 e. The monoisotopic (exact) mass is 233 g/mol. The molecule has 0 saturated heterocycles. The highest BCUT2D eigenvalue weighted by Gasteiger charge is 2.00. The average Bonchev–Trinajstić information content (AvgIpc) is 2.18. The van der Waals surface area contributed by atoms with E-state index in [1.807, 2.05) is 0 Å². The van der Waals surface area contributed by atoms with Crippen LogP contribution in [0.4, 0.5) is 0 Å². The van der Waals surface area contributed by atoms with Gasteiger partial charge in [0.2, 0.25) is 0 Å². The van der Waals surface area contributed by atoms with Crippen LogP contribution < -0.4 is 0 Å². The maximum absolute atomic E-state index is 3.92. The molecular formula is C12H10Br. The molecule has 0 N–H and O–H groups in total. The number of halogens is 1. The first-order valence-corrected chi connectivity index (χ1v) is 5.07. The van der Waals surface area contributed by atoms with Gasteiger partial charge in [-0.05, 0) is 35.7 Å². The lowest BCUT2D eigenvalue weighted by molar-refractivity contribution is 1.30. The van der Waals surface area contributed by atoms with E-state index in [2.05, 4.69) is 59.3 Å². The minimum Gasteiger partial charge on any atom is -0.0613 e. The Balaban J connectivity index is 2.84. The van der Waals surface area contributed by atoms with E-state index in [9.17, 15) is 0 Å². The lowest BCUT2D eigenvalue weighted by Gasteiger charge is -2.04. The molecule has 1 radical (unpaired) electrons. The van der Waals surface area contributed by atoms with Gasteiger partial charge < -0.3 is 0 Å². The van der Waals surface area contributed by atoms with Crippen molar-refractivity contribution in [3.63, 3.8) is 0 Å². The summed E-state index contributed by atoms with van der Waals surface area (Å²) in [5.74, 6) is 0. The molecule has 0 saturated carbocycles. The Morgan fingerprint density at radius 3 is 2.46 bits per heavy atom. The van der Waals surface area contributed by atoms with Crippen molar-refractivity contribution >= 4 is 26.7 Å². The summed E-state index contributed by atoms with van der Waals surface area (Å²) >= 11 is 3.54. The highest BCUT2D eigenvalue weighted by Crippen LogP contribution is 2.26. The molecule has 0 heterocycles. The molecule has 0 spiro atoms. The molecule has 0 fully saturated rings. The van der Waals surface area contributed by atoms with Crippen molar-refractivity contribution in [2.45, 2.75) is 6.42 Å². The second kappa shape index (κ2) is 3.51. The van der Waals surface area contributed by atoms with Gasteiger partial charge in [-0.3, -0.25) is 0 Å². The van der Waals surface area contributed by atoms with Gasteiger partial charge in [0.15, 0.2) is 0 Å². The van der Waals surface area contributed by atoms with Crippen molar-refractivity contribution in [3.8, 4) is 0 Å². The number of rotatable bonds is 1. The average molecular weight is 234 g/mol. The standard InChI is InChI=1S/C12H10Br/c1-2-9-5-3-7-11-10(9)6-4-8-12(11)13/h3-8H,1-2H2. The van der Waals surface area contributed by atoms with Gasteiger partial charge >= 0.3 is 0 Å². The van der Waals surface area contributed by atoms with E-state index < -0.39 is 0 Å². The number of fused-ring (bicyclic) bond motifs is 1. The largest absolute Gasteiger partial charge is 0.0613 e. The van der Waals surface area contributed by atoms with Crippen LogP contribution in [-0.4, -0.2) is 0 Å². The molecule has 65 valence electrons. The zero-order valence-electron chi connectivity index (χ0n) is 7.26. The Morgan fingerprint density at radius 2 is 1.69 bits per heavy atom. The third-order valence-electron chi connectivity index (χ3n) is 2.23.